The molecule has 0 atom stereocenters. The van der Waals surface area contributed by atoms with Crippen molar-refractivity contribution in [3.63, 3.8) is 0 Å². The van der Waals surface area contributed by atoms with Crippen LogP contribution in [-0.4, -0.2) is 21.5 Å². The number of pyridine rings is 1. The average molecular weight is 373 g/mol. The Hall–Kier alpha value is -3.29. The maximum absolute atomic E-state index is 13.2. The smallest absolute Gasteiger partial charge is 0.416 e. The van der Waals surface area contributed by atoms with Crippen LogP contribution in [0.25, 0.3) is 27.5 Å². The second kappa shape index (κ2) is 5.87. The highest BCUT2D eigenvalue weighted by molar-refractivity contribution is 6.04. The monoisotopic (exact) mass is 373 g/mol. The summed E-state index contributed by atoms with van der Waals surface area (Å²) in [6, 6.07) is 9.91. The second-order valence-corrected chi connectivity index (χ2v) is 6.13. The Bertz CT molecular complexity index is 1220. The topological polar surface area (TPSA) is 49.1 Å². The molecule has 0 fully saturated rings. The summed E-state index contributed by atoms with van der Waals surface area (Å²) in [5.74, 6) is 0.575. The van der Waals surface area contributed by atoms with Crippen LogP contribution in [0.3, 0.4) is 0 Å². The highest BCUT2D eigenvalue weighted by Gasteiger charge is 2.31. The molecule has 2 aromatic carbocycles. The quantitative estimate of drug-likeness (QED) is 0.535. The molecule has 0 N–H and O–H groups in total. The standard InChI is InChI=1S/C19H14F3N3O2/c1-24-10-15-14-8-3-11(19(20,21)22)9-16(14)25(18(26)17(15)23-24)12-4-6-13(27-2)7-5-12/h3-10H,1-2H3. The minimum atomic E-state index is -4.52. The summed E-state index contributed by atoms with van der Waals surface area (Å²) in [5, 5.41) is 5.22. The summed E-state index contributed by atoms with van der Waals surface area (Å²) in [6.45, 7) is 0. The number of hydrogen-bond donors (Lipinski definition) is 0. The Labute approximate surface area is 151 Å². The minimum Gasteiger partial charge on any atom is -0.497 e. The van der Waals surface area contributed by atoms with Crippen molar-refractivity contribution in [1.29, 1.82) is 0 Å². The molecule has 0 amide bonds. The van der Waals surface area contributed by atoms with Gasteiger partial charge in [-0.05, 0) is 36.4 Å². The van der Waals surface area contributed by atoms with Crippen LogP contribution >= 0.6 is 0 Å². The van der Waals surface area contributed by atoms with Crippen LogP contribution in [0.2, 0.25) is 0 Å². The van der Waals surface area contributed by atoms with Gasteiger partial charge in [-0.25, -0.2) is 0 Å². The van der Waals surface area contributed by atoms with Crippen LogP contribution in [0, 0.1) is 0 Å². The molecule has 0 spiro atoms. The maximum atomic E-state index is 13.2. The number of methoxy groups -OCH3 is 1. The summed E-state index contributed by atoms with van der Waals surface area (Å²) in [5.41, 5.74) is -0.513. The van der Waals surface area contributed by atoms with E-state index in [0.29, 0.717) is 22.2 Å². The Morgan fingerprint density at radius 2 is 1.74 bits per heavy atom. The normalized spacial score (nSPS) is 12.0. The van der Waals surface area contributed by atoms with Gasteiger partial charge in [0.1, 0.15) is 5.75 Å². The van der Waals surface area contributed by atoms with Gasteiger partial charge in [-0.3, -0.25) is 14.0 Å². The number of rotatable bonds is 2. The molecule has 0 saturated heterocycles. The molecule has 0 bridgehead atoms. The number of halogens is 3. The van der Waals surface area contributed by atoms with E-state index >= 15 is 0 Å². The third kappa shape index (κ3) is 2.73. The summed E-state index contributed by atoms with van der Waals surface area (Å²) in [6.07, 6.45) is -2.89. The van der Waals surface area contributed by atoms with Gasteiger partial charge in [0.15, 0.2) is 5.52 Å². The molecule has 0 unspecified atom stereocenters. The molecule has 5 nitrogen and oxygen atoms in total. The Balaban J connectivity index is 2.15. The van der Waals surface area contributed by atoms with E-state index in [4.69, 9.17) is 4.74 Å². The van der Waals surface area contributed by atoms with Crippen molar-refractivity contribution in [3.8, 4) is 11.4 Å². The predicted molar refractivity (Wildman–Crippen MR) is 95.4 cm³/mol. The Morgan fingerprint density at radius 1 is 1.04 bits per heavy atom. The van der Waals surface area contributed by atoms with Crippen molar-refractivity contribution < 1.29 is 17.9 Å². The Kier molecular flexibility index (Phi) is 3.73. The maximum Gasteiger partial charge on any atom is 0.416 e. The van der Waals surface area contributed by atoms with E-state index in [1.165, 1.54) is 22.4 Å². The van der Waals surface area contributed by atoms with Crippen molar-refractivity contribution in [2.75, 3.05) is 7.11 Å². The number of benzene rings is 2. The Morgan fingerprint density at radius 3 is 2.37 bits per heavy atom. The van der Waals surface area contributed by atoms with Crippen LogP contribution < -0.4 is 10.3 Å². The van der Waals surface area contributed by atoms with Crippen LogP contribution in [-0.2, 0) is 13.2 Å². The molecule has 0 saturated carbocycles. The molecule has 8 heteroatoms. The van der Waals surface area contributed by atoms with Crippen molar-refractivity contribution in [3.05, 3.63) is 64.6 Å². The van der Waals surface area contributed by atoms with Gasteiger partial charge < -0.3 is 4.74 Å². The van der Waals surface area contributed by atoms with Gasteiger partial charge in [-0.15, -0.1) is 0 Å². The molecule has 2 heterocycles. The molecule has 4 aromatic rings. The first-order valence-electron chi connectivity index (χ1n) is 8.03. The predicted octanol–water partition coefficient (Wildman–Crippen LogP) is 3.90. The molecule has 0 aliphatic rings. The van der Waals surface area contributed by atoms with E-state index in [2.05, 4.69) is 5.10 Å². The van der Waals surface area contributed by atoms with E-state index in [9.17, 15) is 18.0 Å². The molecular weight excluding hydrogens is 359 g/mol. The van der Waals surface area contributed by atoms with Crippen molar-refractivity contribution in [2.24, 2.45) is 7.05 Å². The average Bonchev–Trinajstić information content (AvgIpc) is 3.03. The third-order valence-corrected chi connectivity index (χ3v) is 4.42. The summed E-state index contributed by atoms with van der Waals surface area (Å²) in [4.78, 5) is 13.0. The minimum absolute atomic E-state index is 0.167. The van der Waals surface area contributed by atoms with Crippen LogP contribution in [0.4, 0.5) is 13.2 Å². The largest absolute Gasteiger partial charge is 0.497 e. The zero-order chi connectivity index (χ0) is 19.3. The van der Waals surface area contributed by atoms with Gasteiger partial charge in [0.25, 0.3) is 5.56 Å². The first kappa shape index (κ1) is 17.1. The number of hydrogen-bond acceptors (Lipinski definition) is 3. The third-order valence-electron chi connectivity index (χ3n) is 4.42. The van der Waals surface area contributed by atoms with Gasteiger partial charge in [-0.1, -0.05) is 6.07 Å². The number of aryl methyl sites for hydroxylation is 1. The lowest BCUT2D eigenvalue weighted by atomic mass is 10.1. The van der Waals surface area contributed by atoms with Crippen LogP contribution in [0.1, 0.15) is 5.56 Å². The van der Waals surface area contributed by atoms with Crippen LogP contribution in [0.5, 0.6) is 5.75 Å². The number of nitrogens with zero attached hydrogens (tertiary/aromatic N) is 3. The van der Waals surface area contributed by atoms with Gasteiger partial charge in [0.2, 0.25) is 0 Å². The SMILES string of the molecule is COc1ccc(-n2c(=O)c3nn(C)cc3c3ccc(C(F)(F)F)cc32)cc1. The number of fused-ring (bicyclic) bond motifs is 3. The van der Waals surface area contributed by atoms with E-state index in [0.717, 1.165) is 12.1 Å². The molecule has 4 rings (SSSR count). The van der Waals surface area contributed by atoms with Crippen molar-refractivity contribution in [2.45, 2.75) is 6.18 Å². The lowest BCUT2D eigenvalue weighted by molar-refractivity contribution is -0.137. The molecule has 27 heavy (non-hydrogen) atoms. The van der Waals surface area contributed by atoms with E-state index in [1.54, 1.807) is 37.5 Å². The van der Waals surface area contributed by atoms with Gasteiger partial charge in [0.05, 0.1) is 18.2 Å². The van der Waals surface area contributed by atoms with E-state index in [1.807, 2.05) is 0 Å². The first-order valence-corrected chi connectivity index (χ1v) is 8.03. The molecule has 138 valence electrons. The lowest BCUT2D eigenvalue weighted by Gasteiger charge is -2.14. The highest BCUT2D eigenvalue weighted by atomic mass is 19.4. The van der Waals surface area contributed by atoms with E-state index < -0.39 is 17.3 Å². The molecular formula is C19H14F3N3O2. The molecule has 0 radical (unpaired) electrons. The van der Waals surface area contributed by atoms with E-state index in [-0.39, 0.29) is 11.0 Å². The number of ether oxygens (including phenoxy) is 1. The molecule has 2 aromatic heterocycles. The van der Waals surface area contributed by atoms with Crippen molar-refractivity contribution >= 4 is 21.8 Å². The van der Waals surface area contributed by atoms with Gasteiger partial charge in [-0.2, -0.15) is 18.3 Å². The van der Waals surface area contributed by atoms with Gasteiger partial charge >= 0.3 is 6.18 Å². The fourth-order valence-electron chi connectivity index (χ4n) is 3.17. The zero-order valence-corrected chi connectivity index (χ0v) is 14.4. The number of aromatic nitrogens is 3. The summed E-state index contributed by atoms with van der Waals surface area (Å²) in [7, 11) is 3.17. The van der Waals surface area contributed by atoms with Crippen molar-refractivity contribution in [1.82, 2.24) is 14.3 Å². The summed E-state index contributed by atoms with van der Waals surface area (Å²) < 4.78 is 47.6. The molecule has 0 aliphatic heterocycles. The zero-order valence-electron chi connectivity index (χ0n) is 14.4. The second-order valence-electron chi connectivity index (χ2n) is 6.13. The lowest BCUT2D eigenvalue weighted by Crippen LogP contribution is -2.20. The fourth-order valence-corrected chi connectivity index (χ4v) is 3.17. The first-order chi connectivity index (χ1) is 12.8. The number of alkyl halides is 3. The highest BCUT2D eigenvalue weighted by Crippen LogP contribution is 2.33. The summed E-state index contributed by atoms with van der Waals surface area (Å²) >= 11 is 0. The molecule has 0 aliphatic carbocycles. The fraction of sp³-hybridized carbons (Fsp3) is 0.158. The van der Waals surface area contributed by atoms with Gasteiger partial charge in [0, 0.05) is 29.7 Å². The van der Waals surface area contributed by atoms with Crippen LogP contribution in [0.15, 0.2) is 53.5 Å².